The second-order valence-electron chi connectivity index (χ2n) is 5.50. The monoisotopic (exact) mass is 278 g/mol. The lowest BCUT2D eigenvalue weighted by atomic mass is 10.2. The van der Waals surface area contributed by atoms with E-state index in [1.165, 1.54) is 12.8 Å². The Balaban J connectivity index is 3.20. The number of anilines is 2. The standard InChI is InChI=1S/C16H30N4/c1-7-10-11-20(9-3)16-13(6)15(17-8-2)18-14(19-16)12(4)5/h12H,7-11H2,1-6H3,(H,17,18,19). The highest BCUT2D eigenvalue weighted by atomic mass is 15.2. The van der Waals surface area contributed by atoms with Crippen LogP contribution in [0.4, 0.5) is 11.6 Å². The number of nitrogens with one attached hydrogen (secondary N) is 1. The Hall–Kier alpha value is -1.32. The van der Waals surface area contributed by atoms with Crippen LogP contribution in [-0.2, 0) is 0 Å². The van der Waals surface area contributed by atoms with Crippen LogP contribution in [-0.4, -0.2) is 29.6 Å². The highest BCUT2D eigenvalue weighted by molar-refractivity contribution is 5.58. The molecule has 1 aromatic heterocycles. The number of hydrogen-bond donors (Lipinski definition) is 1. The van der Waals surface area contributed by atoms with Crippen molar-refractivity contribution in [2.75, 3.05) is 29.9 Å². The third kappa shape index (κ3) is 4.09. The zero-order valence-electron chi connectivity index (χ0n) is 14.0. The molecule has 0 amide bonds. The summed E-state index contributed by atoms with van der Waals surface area (Å²) in [7, 11) is 0. The SMILES string of the molecule is CCCCN(CC)c1nc(C(C)C)nc(NCC)c1C. The van der Waals surface area contributed by atoms with Crippen LogP contribution >= 0.6 is 0 Å². The third-order valence-corrected chi connectivity index (χ3v) is 3.46. The summed E-state index contributed by atoms with van der Waals surface area (Å²) in [6.45, 7) is 15.9. The van der Waals surface area contributed by atoms with Gasteiger partial charge in [0, 0.05) is 31.1 Å². The number of unbranched alkanes of at least 4 members (excludes halogenated alkanes) is 1. The molecule has 20 heavy (non-hydrogen) atoms. The van der Waals surface area contributed by atoms with E-state index in [9.17, 15) is 0 Å². The number of rotatable bonds is 8. The maximum absolute atomic E-state index is 4.81. The van der Waals surface area contributed by atoms with Gasteiger partial charge in [-0.15, -0.1) is 0 Å². The molecule has 0 fully saturated rings. The molecule has 0 bridgehead atoms. The summed E-state index contributed by atoms with van der Waals surface area (Å²) < 4.78 is 0. The van der Waals surface area contributed by atoms with E-state index in [1.807, 2.05) is 0 Å². The fourth-order valence-corrected chi connectivity index (χ4v) is 2.19. The normalized spacial score (nSPS) is 10.9. The van der Waals surface area contributed by atoms with Gasteiger partial charge in [-0.05, 0) is 27.2 Å². The highest BCUT2D eigenvalue weighted by Crippen LogP contribution is 2.26. The van der Waals surface area contributed by atoms with E-state index >= 15 is 0 Å². The van der Waals surface area contributed by atoms with Gasteiger partial charge in [-0.1, -0.05) is 27.2 Å². The molecule has 1 N–H and O–H groups in total. The minimum absolute atomic E-state index is 0.344. The van der Waals surface area contributed by atoms with Crippen LogP contribution in [0, 0.1) is 6.92 Å². The first-order chi connectivity index (χ1) is 9.54. The van der Waals surface area contributed by atoms with Crippen LogP contribution in [0.3, 0.4) is 0 Å². The molecule has 114 valence electrons. The quantitative estimate of drug-likeness (QED) is 0.781. The molecule has 0 saturated carbocycles. The van der Waals surface area contributed by atoms with E-state index in [0.717, 1.165) is 42.7 Å². The average molecular weight is 278 g/mol. The smallest absolute Gasteiger partial charge is 0.137 e. The third-order valence-electron chi connectivity index (χ3n) is 3.46. The largest absolute Gasteiger partial charge is 0.370 e. The van der Waals surface area contributed by atoms with Gasteiger partial charge >= 0.3 is 0 Å². The first-order valence-corrected chi connectivity index (χ1v) is 7.92. The molecule has 0 radical (unpaired) electrons. The number of aromatic nitrogens is 2. The fraction of sp³-hybridized carbons (Fsp3) is 0.750. The zero-order valence-corrected chi connectivity index (χ0v) is 14.0. The van der Waals surface area contributed by atoms with Gasteiger partial charge < -0.3 is 10.2 Å². The topological polar surface area (TPSA) is 41.1 Å². The van der Waals surface area contributed by atoms with Crippen molar-refractivity contribution in [1.29, 1.82) is 0 Å². The molecule has 1 heterocycles. The van der Waals surface area contributed by atoms with Crippen LogP contribution in [0.25, 0.3) is 0 Å². The van der Waals surface area contributed by atoms with Crippen molar-refractivity contribution in [2.24, 2.45) is 0 Å². The summed E-state index contributed by atoms with van der Waals surface area (Å²) >= 11 is 0. The molecule has 0 atom stereocenters. The van der Waals surface area contributed by atoms with E-state index in [0.29, 0.717) is 5.92 Å². The first kappa shape index (κ1) is 16.7. The second kappa shape index (κ2) is 8.08. The molecule has 1 rings (SSSR count). The molecule has 4 heteroatoms. The van der Waals surface area contributed by atoms with E-state index in [4.69, 9.17) is 4.98 Å². The van der Waals surface area contributed by atoms with Gasteiger partial charge in [-0.3, -0.25) is 0 Å². The first-order valence-electron chi connectivity index (χ1n) is 7.92. The van der Waals surface area contributed by atoms with Gasteiger partial charge in [0.15, 0.2) is 0 Å². The molecule has 0 aliphatic carbocycles. The average Bonchev–Trinajstić information content (AvgIpc) is 2.43. The van der Waals surface area contributed by atoms with Gasteiger partial charge in [0.05, 0.1) is 0 Å². The Bertz CT molecular complexity index is 415. The Kier molecular flexibility index (Phi) is 6.76. The lowest BCUT2D eigenvalue weighted by molar-refractivity contribution is 0.706. The lowest BCUT2D eigenvalue weighted by Crippen LogP contribution is -2.27. The number of hydrogen-bond acceptors (Lipinski definition) is 4. The van der Waals surface area contributed by atoms with Crippen molar-refractivity contribution in [3.63, 3.8) is 0 Å². The van der Waals surface area contributed by atoms with Gasteiger partial charge in [0.25, 0.3) is 0 Å². The van der Waals surface area contributed by atoms with Crippen molar-refractivity contribution in [3.8, 4) is 0 Å². The van der Waals surface area contributed by atoms with E-state index in [-0.39, 0.29) is 0 Å². The molecule has 4 nitrogen and oxygen atoms in total. The van der Waals surface area contributed by atoms with Crippen LogP contribution in [0.1, 0.15) is 64.8 Å². The lowest BCUT2D eigenvalue weighted by Gasteiger charge is -2.25. The summed E-state index contributed by atoms with van der Waals surface area (Å²) in [5.41, 5.74) is 1.16. The fourth-order valence-electron chi connectivity index (χ4n) is 2.19. The van der Waals surface area contributed by atoms with E-state index in [2.05, 4.69) is 56.7 Å². The van der Waals surface area contributed by atoms with Crippen LogP contribution in [0.15, 0.2) is 0 Å². The maximum atomic E-state index is 4.81. The molecule has 0 spiro atoms. The molecular weight excluding hydrogens is 248 g/mol. The Morgan fingerprint density at radius 3 is 2.35 bits per heavy atom. The number of nitrogens with zero attached hydrogens (tertiary/aromatic N) is 3. The van der Waals surface area contributed by atoms with Crippen molar-refractivity contribution in [1.82, 2.24) is 9.97 Å². The summed E-state index contributed by atoms with van der Waals surface area (Å²) in [6, 6.07) is 0. The summed E-state index contributed by atoms with van der Waals surface area (Å²) in [4.78, 5) is 11.9. The molecule has 0 unspecified atom stereocenters. The second-order valence-corrected chi connectivity index (χ2v) is 5.50. The van der Waals surface area contributed by atoms with Crippen LogP contribution in [0.5, 0.6) is 0 Å². The Labute approximate surface area is 124 Å². The van der Waals surface area contributed by atoms with Crippen molar-refractivity contribution in [3.05, 3.63) is 11.4 Å². The molecule has 0 aliphatic heterocycles. The van der Waals surface area contributed by atoms with Crippen LogP contribution < -0.4 is 10.2 Å². The van der Waals surface area contributed by atoms with Crippen LogP contribution in [0.2, 0.25) is 0 Å². The van der Waals surface area contributed by atoms with Gasteiger partial charge in [0.1, 0.15) is 17.5 Å². The Morgan fingerprint density at radius 1 is 1.15 bits per heavy atom. The molecule has 0 aliphatic rings. The predicted molar refractivity (Wildman–Crippen MR) is 87.8 cm³/mol. The highest BCUT2D eigenvalue weighted by Gasteiger charge is 2.16. The van der Waals surface area contributed by atoms with E-state index in [1.54, 1.807) is 0 Å². The van der Waals surface area contributed by atoms with E-state index < -0.39 is 0 Å². The molecule has 1 aromatic rings. The summed E-state index contributed by atoms with van der Waals surface area (Å²) in [5.74, 6) is 3.35. The van der Waals surface area contributed by atoms with Gasteiger partial charge in [-0.25, -0.2) is 9.97 Å². The van der Waals surface area contributed by atoms with Gasteiger partial charge in [-0.2, -0.15) is 0 Å². The van der Waals surface area contributed by atoms with Crippen molar-refractivity contribution < 1.29 is 0 Å². The van der Waals surface area contributed by atoms with Crippen molar-refractivity contribution >= 4 is 11.6 Å². The maximum Gasteiger partial charge on any atom is 0.137 e. The Morgan fingerprint density at radius 2 is 1.85 bits per heavy atom. The van der Waals surface area contributed by atoms with Crippen molar-refractivity contribution in [2.45, 2.75) is 60.3 Å². The summed E-state index contributed by atoms with van der Waals surface area (Å²) in [6.07, 6.45) is 2.41. The minimum Gasteiger partial charge on any atom is -0.370 e. The minimum atomic E-state index is 0.344. The predicted octanol–water partition coefficient (Wildman–Crippen LogP) is 3.97. The zero-order chi connectivity index (χ0) is 15.1. The summed E-state index contributed by atoms with van der Waals surface area (Å²) in [5, 5.41) is 3.37. The molecule has 0 aromatic carbocycles. The molecular formula is C16H30N4. The molecule has 0 saturated heterocycles. The van der Waals surface area contributed by atoms with Gasteiger partial charge in [0.2, 0.25) is 0 Å².